The minimum absolute atomic E-state index is 0.0169. The van der Waals surface area contributed by atoms with Crippen LogP contribution in [0.15, 0.2) is 42.5 Å². The number of halogens is 1. The maximum absolute atomic E-state index is 13.9. The van der Waals surface area contributed by atoms with Crippen molar-refractivity contribution in [1.29, 1.82) is 0 Å². The van der Waals surface area contributed by atoms with Crippen LogP contribution >= 0.6 is 0 Å². The SMILES string of the molecule is CC(=O)OC1c2cc(F)ccc2Cc2ccccc2C1CCCN. The van der Waals surface area contributed by atoms with Gasteiger partial charge in [0.15, 0.2) is 0 Å². The smallest absolute Gasteiger partial charge is 0.303 e. The monoisotopic (exact) mass is 327 g/mol. The normalized spacial score (nSPS) is 19.1. The molecule has 0 saturated carbocycles. The van der Waals surface area contributed by atoms with Gasteiger partial charge in [0.2, 0.25) is 0 Å². The first-order valence-corrected chi connectivity index (χ1v) is 8.33. The van der Waals surface area contributed by atoms with E-state index in [4.69, 9.17) is 10.5 Å². The zero-order valence-corrected chi connectivity index (χ0v) is 13.8. The summed E-state index contributed by atoms with van der Waals surface area (Å²) >= 11 is 0. The highest BCUT2D eigenvalue weighted by Gasteiger charge is 2.33. The second kappa shape index (κ2) is 7.14. The number of nitrogens with two attached hydrogens (primary N) is 1. The van der Waals surface area contributed by atoms with Crippen molar-refractivity contribution in [2.75, 3.05) is 6.54 Å². The molecule has 2 N–H and O–H groups in total. The van der Waals surface area contributed by atoms with Gasteiger partial charge in [-0.1, -0.05) is 30.3 Å². The maximum Gasteiger partial charge on any atom is 0.303 e. The minimum atomic E-state index is -0.483. The Balaban J connectivity index is 2.16. The number of rotatable bonds is 4. The number of hydrogen-bond donors (Lipinski definition) is 1. The Morgan fingerprint density at radius 3 is 2.71 bits per heavy atom. The molecule has 0 saturated heterocycles. The van der Waals surface area contributed by atoms with E-state index in [9.17, 15) is 9.18 Å². The van der Waals surface area contributed by atoms with Crippen LogP contribution in [0.1, 0.15) is 54.0 Å². The van der Waals surface area contributed by atoms with Gasteiger partial charge in [0.25, 0.3) is 0 Å². The van der Waals surface area contributed by atoms with Crippen LogP contribution in [-0.2, 0) is 16.0 Å². The molecule has 1 aliphatic carbocycles. The van der Waals surface area contributed by atoms with E-state index in [1.165, 1.54) is 24.6 Å². The predicted molar refractivity (Wildman–Crippen MR) is 91.2 cm³/mol. The highest BCUT2D eigenvalue weighted by molar-refractivity contribution is 5.66. The van der Waals surface area contributed by atoms with Gasteiger partial charge in [-0.3, -0.25) is 4.79 Å². The number of carbonyl (C=O) groups is 1. The van der Waals surface area contributed by atoms with Crippen LogP contribution in [-0.4, -0.2) is 12.5 Å². The molecule has 1 aliphatic rings. The topological polar surface area (TPSA) is 52.3 Å². The third kappa shape index (κ3) is 3.34. The summed E-state index contributed by atoms with van der Waals surface area (Å²) in [6.07, 6.45) is 1.84. The molecule has 24 heavy (non-hydrogen) atoms. The molecule has 0 aliphatic heterocycles. The summed E-state index contributed by atoms with van der Waals surface area (Å²) in [6, 6.07) is 12.9. The van der Waals surface area contributed by atoms with Crippen LogP contribution < -0.4 is 5.73 Å². The summed E-state index contributed by atoms with van der Waals surface area (Å²) in [5.41, 5.74) is 9.83. The van der Waals surface area contributed by atoms with E-state index in [1.807, 2.05) is 12.1 Å². The standard InChI is InChI=1S/C20H22FNO2/c1-13(23)24-20-18(7-4-10-22)17-6-3-2-5-14(17)11-15-8-9-16(21)12-19(15)20/h2-3,5-6,8-9,12,18,20H,4,7,10-11,22H2,1H3. The molecule has 0 radical (unpaired) electrons. The fourth-order valence-electron chi connectivity index (χ4n) is 3.60. The van der Waals surface area contributed by atoms with Gasteiger partial charge in [0.05, 0.1) is 0 Å². The van der Waals surface area contributed by atoms with Gasteiger partial charge >= 0.3 is 5.97 Å². The predicted octanol–water partition coefficient (Wildman–Crippen LogP) is 3.86. The lowest BCUT2D eigenvalue weighted by atomic mass is 9.85. The van der Waals surface area contributed by atoms with Gasteiger partial charge in [-0.2, -0.15) is 0 Å². The molecule has 0 heterocycles. The van der Waals surface area contributed by atoms with E-state index < -0.39 is 6.10 Å². The Labute approximate surface area is 141 Å². The van der Waals surface area contributed by atoms with Crippen molar-refractivity contribution in [1.82, 2.24) is 0 Å². The van der Waals surface area contributed by atoms with Crippen molar-refractivity contribution in [3.8, 4) is 0 Å². The fraction of sp³-hybridized carbons (Fsp3) is 0.350. The molecule has 2 atom stereocenters. The van der Waals surface area contributed by atoms with Crippen LogP contribution in [0.3, 0.4) is 0 Å². The van der Waals surface area contributed by atoms with Crippen LogP contribution in [0, 0.1) is 5.82 Å². The average molecular weight is 327 g/mol. The Bertz CT molecular complexity index is 744. The van der Waals surface area contributed by atoms with Gasteiger partial charge in [0.1, 0.15) is 11.9 Å². The Hall–Kier alpha value is -2.20. The van der Waals surface area contributed by atoms with E-state index in [0.29, 0.717) is 13.0 Å². The van der Waals surface area contributed by atoms with Crippen molar-refractivity contribution >= 4 is 5.97 Å². The number of esters is 1. The average Bonchev–Trinajstić information content (AvgIpc) is 2.68. The molecule has 0 spiro atoms. The number of benzene rings is 2. The first-order chi connectivity index (χ1) is 11.6. The lowest BCUT2D eigenvalue weighted by Gasteiger charge is -2.27. The zero-order chi connectivity index (χ0) is 17.1. The Morgan fingerprint density at radius 2 is 1.96 bits per heavy atom. The van der Waals surface area contributed by atoms with Gasteiger partial charge in [0, 0.05) is 12.8 Å². The second-order valence-corrected chi connectivity index (χ2v) is 6.29. The second-order valence-electron chi connectivity index (χ2n) is 6.29. The summed E-state index contributed by atoms with van der Waals surface area (Å²) in [6.45, 7) is 1.97. The quantitative estimate of drug-likeness (QED) is 0.868. The number of carbonyl (C=O) groups excluding carboxylic acids is 1. The van der Waals surface area contributed by atoms with Crippen LogP contribution in [0.25, 0.3) is 0 Å². The van der Waals surface area contributed by atoms with E-state index in [2.05, 4.69) is 12.1 Å². The van der Waals surface area contributed by atoms with Gasteiger partial charge < -0.3 is 10.5 Å². The van der Waals surface area contributed by atoms with Crippen molar-refractivity contribution in [3.63, 3.8) is 0 Å². The highest BCUT2D eigenvalue weighted by atomic mass is 19.1. The molecule has 2 aromatic rings. The lowest BCUT2D eigenvalue weighted by molar-refractivity contribution is -0.148. The molecular weight excluding hydrogens is 305 g/mol. The Morgan fingerprint density at radius 1 is 1.21 bits per heavy atom. The van der Waals surface area contributed by atoms with Crippen LogP contribution in [0.4, 0.5) is 4.39 Å². The molecule has 2 aromatic carbocycles. The molecule has 126 valence electrons. The summed E-state index contributed by atoms with van der Waals surface area (Å²) < 4.78 is 19.6. The number of ether oxygens (including phenoxy) is 1. The van der Waals surface area contributed by atoms with Gasteiger partial charge in [-0.15, -0.1) is 0 Å². The highest BCUT2D eigenvalue weighted by Crippen LogP contribution is 2.44. The lowest BCUT2D eigenvalue weighted by Crippen LogP contribution is -2.19. The zero-order valence-electron chi connectivity index (χ0n) is 13.8. The van der Waals surface area contributed by atoms with Gasteiger partial charge in [-0.25, -0.2) is 4.39 Å². The third-order valence-electron chi connectivity index (χ3n) is 4.63. The Kier molecular flexibility index (Phi) is 4.95. The van der Waals surface area contributed by atoms with Crippen molar-refractivity contribution in [2.45, 2.75) is 38.2 Å². The molecule has 0 bridgehead atoms. The van der Waals surface area contributed by atoms with E-state index >= 15 is 0 Å². The molecule has 0 fully saturated rings. The molecule has 3 nitrogen and oxygen atoms in total. The summed E-state index contributed by atoms with van der Waals surface area (Å²) in [5, 5.41) is 0. The van der Waals surface area contributed by atoms with Crippen molar-refractivity contribution in [2.24, 2.45) is 5.73 Å². The largest absolute Gasteiger partial charge is 0.457 e. The first-order valence-electron chi connectivity index (χ1n) is 8.33. The molecule has 0 amide bonds. The number of hydrogen-bond acceptors (Lipinski definition) is 3. The van der Waals surface area contributed by atoms with E-state index in [1.54, 1.807) is 6.07 Å². The summed E-state index contributed by atoms with van der Waals surface area (Å²) in [7, 11) is 0. The van der Waals surface area contributed by atoms with Gasteiger partial charge in [-0.05, 0) is 60.2 Å². The molecular formula is C20H22FNO2. The van der Waals surface area contributed by atoms with E-state index in [0.717, 1.165) is 29.5 Å². The first kappa shape index (κ1) is 16.7. The van der Waals surface area contributed by atoms with E-state index in [-0.39, 0.29) is 17.7 Å². The summed E-state index contributed by atoms with van der Waals surface area (Å²) in [5.74, 6) is -0.682. The third-order valence-corrected chi connectivity index (χ3v) is 4.63. The van der Waals surface area contributed by atoms with Crippen LogP contribution in [0.2, 0.25) is 0 Å². The molecule has 2 unspecified atom stereocenters. The molecule has 0 aromatic heterocycles. The minimum Gasteiger partial charge on any atom is -0.457 e. The van der Waals surface area contributed by atoms with Crippen molar-refractivity contribution < 1.29 is 13.9 Å². The number of fused-ring (bicyclic) bond motifs is 2. The fourth-order valence-corrected chi connectivity index (χ4v) is 3.60. The summed E-state index contributed by atoms with van der Waals surface area (Å²) in [4.78, 5) is 11.7. The molecule has 3 rings (SSSR count). The molecule has 4 heteroatoms. The maximum atomic E-state index is 13.9. The van der Waals surface area contributed by atoms with Crippen LogP contribution in [0.5, 0.6) is 0 Å². The van der Waals surface area contributed by atoms with Crippen molar-refractivity contribution in [3.05, 3.63) is 70.5 Å².